The summed E-state index contributed by atoms with van der Waals surface area (Å²) in [5.74, 6) is 0. The number of aromatic nitrogens is 1. The van der Waals surface area contributed by atoms with Gasteiger partial charge < -0.3 is 9.51 Å². The molecule has 0 amide bonds. The second-order valence-electron chi connectivity index (χ2n) is 3.30. The first-order valence-electron chi connectivity index (χ1n) is 4.89. The summed E-state index contributed by atoms with van der Waals surface area (Å²) in [6.07, 6.45) is 2.09. The summed E-state index contributed by atoms with van der Waals surface area (Å²) >= 11 is 0. The lowest BCUT2D eigenvalue weighted by molar-refractivity contribution is -0.122. The van der Waals surface area contributed by atoms with E-state index in [1.165, 1.54) is 16.4 Å². The Labute approximate surface area is 92.6 Å². The van der Waals surface area contributed by atoms with E-state index >= 15 is 0 Å². The molecule has 3 nitrogen and oxygen atoms in total. The number of fused-ring (bicyclic) bond motifs is 3. The SMILES string of the molecule is O=CO.c1ccc2c(c1)cc1ccccn12. The van der Waals surface area contributed by atoms with Crippen molar-refractivity contribution in [1.82, 2.24) is 4.40 Å². The van der Waals surface area contributed by atoms with Crippen LogP contribution in [-0.2, 0) is 4.79 Å². The molecule has 3 heteroatoms. The highest BCUT2D eigenvalue weighted by atomic mass is 16.3. The zero-order chi connectivity index (χ0) is 11.4. The Balaban J connectivity index is 0.000000292. The summed E-state index contributed by atoms with van der Waals surface area (Å²) in [5, 5.41) is 8.19. The summed E-state index contributed by atoms with van der Waals surface area (Å²) in [7, 11) is 0. The summed E-state index contributed by atoms with van der Waals surface area (Å²) in [6.45, 7) is -0.250. The van der Waals surface area contributed by atoms with E-state index in [-0.39, 0.29) is 6.47 Å². The van der Waals surface area contributed by atoms with Gasteiger partial charge in [-0.3, -0.25) is 4.79 Å². The smallest absolute Gasteiger partial charge is 0.290 e. The van der Waals surface area contributed by atoms with Gasteiger partial charge >= 0.3 is 0 Å². The maximum atomic E-state index is 8.36. The van der Waals surface area contributed by atoms with Crippen molar-refractivity contribution in [3.05, 3.63) is 54.7 Å². The first kappa shape index (κ1) is 10.2. The minimum Gasteiger partial charge on any atom is -0.483 e. The fraction of sp³-hybridized carbons (Fsp3) is 0. The molecule has 2 aromatic heterocycles. The maximum Gasteiger partial charge on any atom is 0.290 e. The van der Waals surface area contributed by atoms with Gasteiger partial charge in [-0.25, -0.2) is 0 Å². The van der Waals surface area contributed by atoms with E-state index in [9.17, 15) is 0 Å². The monoisotopic (exact) mass is 213 g/mol. The van der Waals surface area contributed by atoms with E-state index in [1.54, 1.807) is 0 Å². The summed E-state index contributed by atoms with van der Waals surface area (Å²) < 4.78 is 2.20. The van der Waals surface area contributed by atoms with Gasteiger partial charge in [-0.1, -0.05) is 24.3 Å². The maximum absolute atomic E-state index is 8.36. The van der Waals surface area contributed by atoms with Crippen LogP contribution in [0.3, 0.4) is 0 Å². The van der Waals surface area contributed by atoms with Gasteiger partial charge in [0.15, 0.2) is 0 Å². The van der Waals surface area contributed by atoms with Crippen LogP contribution in [0.1, 0.15) is 0 Å². The second kappa shape index (κ2) is 4.49. The molecule has 16 heavy (non-hydrogen) atoms. The summed E-state index contributed by atoms with van der Waals surface area (Å²) in [4.78, 5) is 8.36. The Morgan fingerprint density at radius 2 is 1.75 bits per heavy atom. The van der Waals surface area contributed by atoms with Crippen molar-refractivity contribution in [1.29, 1.82) is 0 Å². The molecule has 0 bridgehead atoms. The van der Waals surface area contributed by atoms with Crippen LogP contribution in [0.2, 0.25) is 0 Å². The van der Waals surface area contributed by atoms with Crippen LogP contribution in [0.25, 0.3) is 16.4 Å². The third kappa shape index (κ3) is 1.75. The number of rotatable bonds is 0. The molecule has 3 rings (SSSR count). The van der Waals surface area contributed by atoms with Crippen molar-refractivity contribution in [2.75, 3.05) is 0 Å². The molecule has 0 saturated heterocycles. The van der Waals surface area contributed by atoms with E-state index in [2.05, 4.69) is 59.1 Å². The number of para-hydroxylation sites is 1. The van der Waals surface area contributed by atoms with Gasteiger partial charge in [-0.05, 0) is 24.3 Å². The Kier molecular flexibility index (Phi) is 2.87. The van der Waals surface area contributed by atoms with Gasteiger partial charge in [0.1, 0.15) is 0 Å². The molecule has 0 aliphatic rings. The van der Waals surface area contributed by atoms with Gasteiger partial charge in [0.25, 0.3) is 6.47 Å². The average molecular weight is 213 g/mol. The van der Waals surface area contributed by atoms with Crippen LogP contribution in [-0.4, -0.2) is 16.0 Å². The molecule has 0 fully saturated rings. The normalized spacial score (nSPS) is 9.75. The Hall–Kier alpha value is -2.29. The van der Waals surface area contributed by atoms with Crippen LogP contribution in [0, 0.1) is 0 Å². The highest BCUT2D eigenvalue weighted by Gasteiger charge is 1.98. The third-order valence-corrected chi connectivity index (χ3v) is 2.39. The van der Waals surface area contributed by atoms with Gasteiger partial charge in [0, 0.05) is 17.1 Å². The first-order chi connectivity index (χ1) is 7.86. The predicted octanol–water partition coefficient (Wildman–Crippen LogP) is 2.79. The molecule has 2 heterocycles. The molecule has 0 aliphatic carbocycles. The van der Waals surface area contributed by atoms with E-state index in [1.807, 2.05) is 0 Å². The van der Waals surface area contributed by atoms with Crippen molar-refractivity contribution >= 4 is 22.9 Å². The lowest BCUT2D eigenvalue weighted by Crippen LogP contribution is -1.79. The Morgan fingerprint density at radius 3 is 2.56 bits per heavy atom. The number of hydrogen-bond acceptors (Lipinski definition) is 1. The van der Waals surface area contributed by atoms with Crippen molar-refractivity contribution in [3.8, 4) is 0 Å². The number of hydrogen-bond donors (Lipinski definition) is 1. The third-order valence-electron chi connectivity index (χ3n) is 2.39. The summed E-state index contributed by atoms with van der Waals surface area (Å²) in [6, 6.07) is 16.9. The van der Waals surface area contributed by atoms with E-state index in [0.717, 1.165) is 0 Å². The van der Waals surface area contributed by atoms with Gasteiger partial charge in [-0.2, -0.15) is 0 Å². The predicted molar refractivity (Wildman–Crippen MR) is 63.6 cm³/mol. The van der Waals surface area contributed by atoms with Crippen LogP contribution in [0.4, 0.5) is 0 Å². The van der Waals surface area contributed by atoms with Gasteiger partial charge in [0.2, 0.25) is 0 Å². The number of benzene rings is 1. The minimum atomic E-state index is -0.250. The standard InChI is InChI=1S/C12H9N.CH2O2/c1-2-7-12-10(5-1)9-11-6-3-4-8-13(11)12;2-1-3/h1-9H;1H,(H,2,3). The molecule has 0 saturated carbocycles. The van der Waals surface area contributed by atoms with Crippen LogP contribution in [0.5, 0.6) is 0 Å². The van der Waals surface area contributed by atoms with Crippen molar-refractivity contribution in [2.45, 2.75) is 0 Å². The molecular weight excluding hydrogens is 202 g/mol. The molecular formula is C13H11NO2. The number of pyridine rings is 1. The van der Waals surface area contributed by atoms with Crippen molar-refractivity contribution in [2.24, 2.45) is 0 Å². The number of nitrogens with zero attached hydrogens (tertiary/aromatic N) is 1. The molecule has 0 aliphatic heterocycles. The second-order valence-corrected chi connectivity index (χ2v) is 3.30. The minimum absolute atomic E-state index is 0.250. The topological polar surface area (TPSA) is 41.7 Å². The first-order valence-corrected chi connectivity index (χ1v) is 4.89. The van der Waals surface area contributed by atoms with E-state index in [4.69, 9.17) is 9.90 Å². The fourth-order valence-electron chi connectivity index (χ4n) is 1.78. The van der Waals surface area contributed by atoms with E-state index in [0.29, 0.717) is 0 Å². The molecule has 0 spiro atoms. The zero-order valence-corrected chi connectivity index (χ0v) is 8.58. The van der Waals surface area contributed by atoms with E-state index < -0.39 is 0 Å². The molecule has 0 atom stereocenters. The number of carbonyl (C=O) groups is 1. The summed E-state index contributed by atoms with van der Waals surface area (Å²) in [5.41, 5.74) is 2.53. The lowest BCUT2D eigenvalue weighted by atomic mass is 10.2. The van der Waals surface area contributed by atoms with Crippen molar-refractivity contribution in [3.63, 3.8) is 0 Å². The Morgan fingerprint density at radius 1 is 1.06 bits per heavy atom. The molecule has 80 valence electrons. The van der Waals surface area contributed by atoms with Gasteiger partial charge in [-0.15, -0.1) is 0 Å². The van der Waals surface area contributed by atoms with Gasteiger partial charge in [0.05, 0.1) is 5.52 Å². The molecule has 1 N–H and O–H groups in total. The van der Waals surface area contributed by atoms with Crippen LogP contribution >= 0.6 is 0 Å². The average Bonchev–Trinajstić information content (AvgIpc) is 2.68. The lowest BCUT2D eigenvalue weighted by Gasteiger charge is -1.94. The largest absolute Gasteiger partial charge is 0.483 e. The zero-order valence-electron chi connectivity index (χ0n) is 8.58. The fourth-order valence-corrected chi connectivity index (χ4v) is 1.78. The number of carboxylic acid groups (broad SMARTS) is 1. The molecule has 3 aromatic rings. The highest BCUT2D eigenvalue weighted by Crippen LogP contribution is 2.18. The Bertz CT molecular complexity index is 563. The van der Waals surface area contributed by atoms with Crippen LogP contribution < -0.4 is 0 Å². The molecule has 0 radical (unpaired) electrons. The van der Waals surface area contributed by atoms with Crippen molar-refractivity contribution < 1.29 is 9.90 Å². The molecule has 1 aromatic carbocycles. The molecule has 0 unspecified atom stereocenters. The highest BCUT2D eigenvalue weighted by molar-refractivity contribution is 5.86. The van der Waals surface area contributed by atoms with Crippen LogP contribution in [0.15, 0.2) is 54.7 Å². The quantitative estimate of drug-likeness (QED) is 0.583.